The molecule has 0 bridgehead atoms. The Morgan fingerprint density at radius 1 is 1.03 bits per heavy atom. The van der Waals surface area contributed by atoms with Crippen LogP contribution in [0.15, 0.2) is 78.2 Å². The molecule has 0 aliphatic rings. The van der Waals surface area contributed by atoms with Gasteiger partial charge >= 0.3 is 0 Å². The Labute approximate surface area is 214 Å². The molecular weight excluding hydrogens is 480 g/mol. The first-order chi connectivity index (χ1) is 16.7. The number of amides is 2. The van der Waals surface area contributed by atoms with Gasteiger partial charge in [0.25, 0.3) is 5.91 Å². The van der Waals surface area contributed by atoms with Gasteiger partial charge < -0.3 is 10.2 Å². The van der Waals surface area contributed by atoms with E-state index in [0.717, 1.165) is 11.3 Å². The van der Waals surface area contributed by atoms with Crippen LogP contribution < -0.4 is 5.32 Å². The van der Waals surface area contributed by atoms with Gasteiger partial charge in [0.2, 0.25) is 5.91 Å². The van der Waals surface area contributed by atoms with Crippen LogP contribution >= 0.6 is 22.9 Å². The van der Waals surface area contributed by atoms with Gasteiger partial charge in [-0.05, 0) is 29.1 Å². The van der Waals surface area contributed by atoms with Crippen LogP contribution in [0, 0.1) is 0 Å². The van der Waals surface area contributed by atoms with Crippen molar-refractivity contribution >= 4 is 40.6 Å². The zero-order valence-corrected chi connectivity index (χ0v) is 21.4. The molecule has 4 aromatic rings. The molecule has 35 heavy (non-hydrogen) atoms. The lowest BCUT2D eigenvalue weighted by atomic mass is 9.92. The molecular formula is C27H27ClN4O2S. The van der Waals surface area contributed by atoms with Crippen LogP contribution in [-0.2, 0) is 16.8 Å². The number of aromatic nitrogens is 2. The van der Waals surface area contributed by atoms with E-state index in [4.69, 9.17) is 16.7 Å². The Balaban J connectivity index is 1.61. The summed E-state index contributed by atoms with van der Waals surface area (Å²) >= 11 is 7.80. The Kier molecular flexibility index (Phi) is 7.38. The molecule has 0 saturated carbocycles. The highest BCUT2D eigenvalue weighted by Crippen LogP contribution is 2.29. The fourth-order valence-corrected chi connectivity index (χ4v) is 4.47. The molecule has 8 heteroatoms. The van der Waals surface area contributed by atoms with Crippen molar-refractivity contribution in [2.45, 2.75) is 32.7 Å². The second-order valence-corrected chi connectivity index (χ2v) is 10.6. The number of nitrogens with zero attached hydrogens (tertiary/aromatic N) is 3. The first-order valence-electron chi connectivity index (χ1n) is 11.2. The summed E-state index contributed by atoms with van der Waals surface area (Å²) in [6.07, 6.45) is 0. The molecule has 0 aliphatic carbocycles. The number of hydrogen-bond donors (Lipinski definition) is 1. The molecule has 180 valence electrons. The van der Waals surface area contributed by atoms with Crippen molar-refractivity contribution in [3.05, 3.63) is 99.3 Å². The number of carbonyl (C=O) groups excluding carboxylic acids is 2. The summed E-state index contributed by atoms with van der Waals surface area (Å²) in [6.45, 7) is 6.38. The summed E-state index contributed by atoms with van der Waals surface area (Å²) in [5.74, 6) is -0.00949. The summed E-state index contributed by atoms with van der Waals surface area (Å²) in [6, 6.07) is 22.4. The van der Waals surface area contributed by atoms with Gasteiger partial charge in [0.05, 0.1) is 21.3 Å². The van der Waals surface area contributed by atoms with Crippen molar-refractivity contribution in [3.8, 4) is 5.69 Å². The molecule has 0 spiro atoms. The third kappa shape index (κ3) is 5.99. The van der Waals surface area contributed by atoms with Crippen LogP contribution in [0.1, 0.15) is 41.7 Å². The van der Waals surface area contributed by atoms with E-state index < -0.39 is 0 Å². The molecule has 2 amide bonds. The van der Waals surface area contributed by atoms with Crippen molar-refractivity contribution in [1.82, 2.24) is 14.7 Å². The van der Waals surface area contributed by atoms with Gasteiger partial charge in [-0.3, -0.25) is 9.59 Å². The Hall–Kier alpha value is -3.42. The molecule has 1 N–H and O–H groups in total. The highest BCUT2D eigenvalue weighted by molar-refractivity contribution is 7.12. The van der Waals surface area contributed by atoms with Crippen LogP contribution in [0.25, 0.3) is 5.69 Å². The minimum Gasteiger partial charge on any atom is -0.324 e. The molecule has 6 nitrogen and oxygen atoms in total. The monoisotopic (exact) mass is 506 g/mol. The molecule has 0 saturated heterocycles. The van der Waals surface area contributed by atoms with Crippen LogP contribution in [0.5, 0.6) is 0 Å². The van der Waals surface area contributed by atoms with E-state index in [1.807, 2.05) is 66.0 Å². The minimum atomic E-state index is -0.320. The predicted octanol–water partition coefficient (Wildman–Crippen LogP) is 6.17. The third-order valence-electron chi connectivity index (χ3n) is 5.40. The van der Waals surface area contributed by atoms with Crippen molar-refractivity contribution in [3.63, 3.8) is 0 Å². The number of thiophene rings is 1. The van der Waals surface area contributed by atoms with Gasteiger partial charge in [-0.1, -0.05) is 80.9 Å². The van der Waals surface area contributed by atoms with Crippen molar-refractivity contribution in [1.29, 1.82) is 0 Å². The lowest BCUT2D eigenvalue weighted by Gasteiger charge is -2.22. The molecule has 4 rings (SSSR count). The van der Waals surface area contributed by atoms with Gasteiger partial charge in [-0.2, -0.15) is 5.10 Å². The standard InChI is InChI=1S/C27H27ClN4O2S/c1-27(2,3)23-16-24(32(30-23)21-13-8-7-12-20(21)28)29-25(33)18-31(17-19-10-5-4-6-11-19)26(34)22-14-9-15-35-22/h4-16H,17-18H2,1-3H3,(H,29,33). The molecule has 0 aliphatic heterocycles. The summed E-state index contributed by atoms with van der Waals surface area (Å²) in [5, 5.41) is 10.1. The average Bonchev–Trinajstić information content (AvgIpc) is 3.50. The predicted molar refractivity (Wildman–Crippen MR) is 141 cm³/mol. The Bertz CT molecular complexity index is 1310. The number of benzene rings is 2. The smallest absolute Gasteiger partial charge is 0.264 e. The second-order valence-electron chi connectivity index (χ2n) is 9.20. The molecule has 0 fully saturated rings. The van der Waals surface area contributed by atoms with Crippen molar-refractivity contribution in [2.24, 2.45) is 0 Å². The number of hydrogen-bond acceptors (Lipinski definition) is 4. The lowest BCUT2D eigenvalue weighted by molar-refractivity contribution is -0.117. The van der Waals surface area contributed by atoms with E-state index in [1.165, 1.54) is 11.3 Å². The lowest BCUT2D eigenvalue weighted by Crippen LogP contribution is -2.37. The SMILES string of the molecule is CC(C)(C)c1cc(NC(=O)CN(Cc2ccccc2)C(=O)c2cccs2)n(-c2ccccc2Cl)n1. The molecule has 2 aromatic heterocycles. The maximum atomic E-state index is 13.2. The number of para-hydroxylation sites is 1. The molecule has 2 heterocycles. The van der Waals surface area contributed by atoms with Crippen molar-refractivity contribution < 1.29 is 9.59 Å². The zero-order valence-electron chi connectivity index (χ0n) is 19.9. The molecule has 0 atom stereocenters. The van der Waals surface area contributed by atoms with Gasteiger partial charge in [-0.25, -0.2) is 4.68 Å². The maximum absolute atomic E-state index is 13.2. The Morgan fingerprint density at radius 3 is 2.40 bits per heavy atom. The van der Waals surface area contributed by atoms with E-state index in [1.54, 1.807) is 21.7 Å². The highest BCUT2D eigenvalue weighted by Gasteiger charge is 2.24. The summed E-state index contributed by atoms with van der Waals surface area (Å²) in [4.78, 5) is 28.6. The first-order valence-corrected chi connectivity index (χ1v) is 12.5. The van der Waals surface area contributed by atoms with Gasteiger partial charge in [0.1, 0.15) is 12.4 Å². The number of halogens is 1. The van der Waals surface area contributed by atoms with E-state index in [0.29, 0.717) is 27.9 Å². The molecule has 0 unspecified atom stereocenters. The largest absolute Gasteiger partial charge is 0.324 e. The maximum Gasteiger partial charge on any atom is 0.264 e. The highest BCUT2D eigenvalue weighted by atomic mass is 35.5. The number of carbonyl (C=O) groups is 2. The second kappa shape index (κ2) is 10.5. The van der Waals surface area contributed by atoms with Gasteiger partial charge in [0, 0.05) is 18.0 Å². The quantitative estimate of drug-likeness (QED) is 0.326. The molecule has 0 radical (unpaired) electrons. The average molecular weight is 507 g/mol. The van der Waals surface area contributed by atoms with Crippen LogP contribution in [0.3, 0.4) is 0 Å². The normalized spacial score (nSPS) is 11.3. The van der Waals surface area contributed by atoms with Crippen LogP contribution in [0.4, 0.5) is 5.82 Å². The number of rotatable bonds is 7. The fourth-order valence-electron chi connectivity index (χ4n) is 3.56. The summed E-state index contributed by atoms with van der Waals surface area (Å²) in [5.41, 5.74) is 2.18. The summed E-state index contributed by atoms with van der Waals surface area (Å²) in [7, 11) is 0. The minimum absolute atomic E-state index is 0.107. The third-order valence-corrected chi connectivity index (χ3v) is 6.57. The summed E-state index contributed by atoms with van der Waals surface area (Å²) < 4.78 is 1.64. The first kappa shape index (κ1) is 24.7. The fraction of sp³-hybridized carbons (Fsp3) is 0.222. The van der Waals surface area contributed by atoms with E-state index in [2.05, 4.69) is 26.1 Å². The van der Waals surface area contributed by atoms with Crippen LogP contribution in [-0.4, -0.2) is 33.0 Å². The number of anilines is 1. The van der Waals surface area contributed by atoms with E-state index in [9.17, 15) is 9.59 Å². The van der Waals surface area contributed by atoms with Gasteiger partial charge in [0.15, 0.2) is 0 Å². The zero-order chi connectivity index (χ0) is 25.0. The van der Waals surface area contributed by atoms with Crippen molar-refractivity contribution in [2.75, 3.05) is 11.9 Å². The molecule has 2 aromatic carbocycles. The number of nitrogens with one attached hydrogen (secondary N) is 1. The van der Waals surface area contributed by atoms with Crippen LogP contribution in [0.2, 0.25) is 5.02 Å². The topological polar surface area (TPSA) is 67.2 Å². The van der Waals surface area contributed by atoms with E-state index in [-0.39, 0.29) is 23.8 Å². The van der Waals surface area contributed by atoms with E-state index >= 15 is 0 Å². The van der Waals surface area contributed by atoms with Gasteiger partial charge in [-0.15, -0.1) is 11.3 Å². The Morgan fingerprint density at radius 2 is 1.74 bits per heavy atom.